The van der Waals surface area contributed by atoms with E-state index in [1.165, 1.54) is 16.0 Å². The molecule has 2 aliphatic carbocycles. The van der Waals surface area contributed by atoms with Crippen molar-refractivity contribution in [1.29, 1.82) is 0 Å². The quantitative estimate of drug-likeness (QED) is 0.602. The average Bonchev–Trinajstić information content (AvgIpc) is 3.33. The molecule has 2 bridgehead atoms. The molecule has 0 aromatic heterocycles. The Kier molecular flexibility index (Phi) is 3.51. The van der Waals surface area contributed by atoms with E-state index in [2.05, 4.69) is 26.0 Å². The van der Waals surface area contributed by atoms with Crippen molar-refractivity contribution in [3.8, 4) is 11.5 Å². The first-order chi connectivity index (χ1) is 13.0. The van der Waals surface area contributed by atoms with Crippen LogP contribution in [-0.2, 0) is 9.59 Å². The van der Waals surface area contributed by atoms with Crippen LogP contribution >= 0.6 is 0 Å². The molecule has 1 heterocycles. The number of nitrogens with zero attached hydrogens (tertiary/aromatic N) is 1. The molecule has 0 N–H and O–H groups in total. The first-order valence-corrected chi connectivity index (χ1v) is 9.44. The van der Waals surface area contributed by atoms with Gasteiger partial charge in [0.1, 0.15) is 11.5 Å². The predicted octanol–water partition coefficient (Wildman–Crippen LogP) is 4.41. The summed E-state index contributed by atoms with van der Waals surface area (Å²) >= 11 is 0. The summed E-state index contributed by atoms with van der Waals surface area (Å²) in [5.41, 5.74) is 3.02. The van der Waals surface area contributed by atoms with Crippen molar-refractivity contribution in [2.75, 3.05) is 4.90 Å². The molecule has 4 nitrogen and oxygen atoms in total. The molecular weight excluding hydrogens is 338 g/mol. The molecule has 4 heteroatoms. The maximum Gasteiger partial charge on any atom is 0.238 e. The molecule has 2 aromatic rings. The number of imide groups is 1. The molecule has 2 fully saturated rings. The summed E-state index contributed by atoms with van der Waals surface area (Å²) in [7, 11) is 0. The number of allylic oxidation sites excluding steroid dienone is 2. The number of benzene rings is 2. The van der Waals surface area contributed by atoms with Crippen LogP contribution in [0.4, 0.5) is 5.69 Å². The summed E-state index contributed by atoms with van der Waals surface area (Å²) in [5, 5.41) is 0. The first-order valence-electron chi connectivity index (χ1n) is 9.44. The molecule has 0 spiro atoms. The molecule has 1 saturated carbocycles. The van der Waals surface area contributed by atoms with Gasteiger partial charge in [0.05, 0.1) is 17.5 Å². The van der Waals surface area contributed by atoms with Crippen molar-refractivity contribution in [1.82, 2.24) is 0 Å². The van der Waals surface area contributed by atoms with E-state index in [9.17, 15) is 9.59 Å². The second kappa shape index (κ2) is 5.81. The summed E-state index contributed by atoms with van der Waals surface area (Å²) in [6.07, 6.45) is 5.17. The number of carbonyl (C=O) groups is 2. The summed E-state index contributed by atoms with van der Waals surface area (Å²) in [6.45, 7) is 4.11. The Morgan fingerprint density at radius 3 is 2.00 bits per heavy atom. The highest BCUT2D eigenvalue weighted by molar-refractivity contribution is 6.22. The second-order valence-electron chi connectivity index (χ2n) is 7.85. The summed E-state index contributed by atoms with van der Waals surface area (Å²) in [4.78, 5) is 27.1. The monoisotopic (exact) mass is 359 g/mol. The summed E-state index contributed by atoms with van der Waals surface area (Å²) in [6, 6.07) is 13.2. The van der Waals surface area contributed by atoms with E-state index in [1.54, 1.807) is 12.1 Å². The highest BCUT2D eigenvalue weighted by Crippen LogP contribution is 2.53. The minimum atomic E-state index is -0.168. The van der Waals surface area contributed by atoms with Crippen LogP contribution in [0.25, 0.3) is 0 Å². The van der Waals surface area contributed by atoms with Crippen LogP contribution in [0, 0.1) is 37.5 Å². The largest absolute Gasteiger partial charge is 0.457 e. The Morgan fingerprint density at radius 2 is 1.41 bits per heavy atom. The number of anilines is 1. The molecule has 1 aliphatic heterocycles. The maximum absolute atomic E-state index is 12.9. The molecule has 0 unspecified atom stereocenters. The number of ether oxygens (including phenoxy) is 1. The van der Waals surface area contributed by atoms with Gasteiger partial charge in [-0.1, -0.05) is 18.2 Å². The van der Waals surface area contributed by atoms with Crippen LogP contribution in [0.2, 0.25) is 0 Å². The Morgan fingerprint density at radius 1 is 0.815 bits per heavy atom. The van der Waals surface area contributed by atoms with Crippen molar-refractivity contribution in [3.63, 3.8) is 0 Å². The Labute approximate surface area is 158 Å². The van der Waals surface area contributed by atoms with Crippen molar-refractivity contribution in [3.05, 3.63) is 65.7 Å². The lowest BCUT2D eigenvalue weighted by Gasteiger charge is -2.17. The number of rotatable bonds is 3. The number of amides is 2. The minimum Gasteiger partial charge on any atom is -0.457 e. The molecule has 5 rings (SSSR count). The van der Waals surface area contributed by atoms with Gasteiger partial charge >= 0.3 is 0 Å². The lowest BCUT2D eigenvalue weighted by molar-refractivity contribution is -0.123. The van der Waals surface area contributed by atoms with Gasteiger partial charge in [0.25, 0.3) is 0 Å². The lowest BCUT2D eigenvalue weighted by atomic mass is 9.85. The zero-order valence-electron chi connectivity index (χ0n) is 15.4. The van der Waals surface area contributed by atoms with E-state index < -0.39 is 0 Å². The van der Waals surface area contributed by atoms with Crippen molar-refractivity contribution < 1.29 is 14.3 Å². The van der Waals surface area contributed by atoms with E-state index in [1.807, 2.05) is 30.3 Å². The van der Waals surface area contributed by atoms with Crippen LogP contribution in [0.3, 0.4) is 0 Å². The molecular formula is C23H21NO3. The second-order valence-corrected chi connectivity index (χ2v) is 7.85. The van der Waals surface area contributed by atoms with Gasteiger partial charge < -0.3 is 4.74 Å². The number of carbonyl (C=O) groups excluding carboxylic acids is 2. The molecule has 2 aromatic carbocycles. The van der Waals surface area contributed by atoms with Crippen LogP contribution in [0.1, 0.15) is 17.5 Å². The molecule has 0 radical (unpaired) electrons. The van der Waals surface area contributed by atoms with Gasteiger partial charge in [-0.2, -0.15) is 0 Å². The fourth-order valence-corrected chi connectivity index (χ4v) is 4.73. The van der Waals surface area contributed by atoms with Crippen LogP contribution < -0.4 is 9.64 Å². The topological polar surface area (TPSA) is 46.6 Å². The number of aryl methyl sites for hydroxylation is 2. The molecule has 136 valence electrons. The molecule has 4 atom stereocenters. The van der Waals surface area contributed by atoms with E-state index >= 15 is 0 Å². The van der Waals surface area contributed by atoms with Gasteiger partial charge in [-0.15, -0.1) is 0 Å². The van der Waals surface area contributed by atoms with E-state index in [0.717, 1.165) is 12.2 Å². The van der Waals surface area contributed by atoms with Crippen LogP contribution in [0.5, 0.6) is 11.5 Å². The van der Waals surface area contributed by atoms with Gasteiger partial charge in [0.2, 0.25) is 11.8 Å². The summed E-state index contributed by atoms with van der Waals surface area (Å²) < 4.78 is 5.91. The number of fused-ring (bicyclic) bond motifs is 5. The molecule has 2 amide bonds. The SMILES string of the molecule is Cc1ccc(Oc2ccc(N3C(=O)[C@@H]4[C@@H](C3=O)[C@@H]3C=C[C@@H]4C3)cc2)cc1C. The van der Waals surface area contributed by atoms with E-state index in [0.29, 0.717) is 11.4 Å². The van der Waals surface area contributed by atoms with Gasteiger partial charge in [-0.3, -0.25) is 14.5 Å². The Balaban J connectivity index is 1.37. The number of hydrogen-bond donors (Lipinski definition) is 0. The van der Waals surface area contributed by atoms with Crippen LogP contribution in [-0.4, -0.2) is 11.8 Å². The third-order valence-electron chi connectivity index (χ3n) is 6.28. The van der Waals surface area contributed by atoms with Gasteiger partial charge in [-0.05, 0) is 79.6 Å². The minimum absolute atomic E-state index is 0.0512. The summed E-state index contributed by atoms with van der Waals surface area (Å²) in [5.74, 6) is 1.48. The Bertz CT molecular complexity index is 946. The van der Waals surface area contributed by atoms with Crippen LogP contribution in [0.15, 0.2) is 54.6 Å². The fraction of sp³-hybridized carbons (Fsp3) is 0.304. The highest BCUT2D eigenvalue weighted by atomic mass is 16.5. The molecule has 27 heavy (non-hydrogen) atoms. The zero-order chi connectivity index (χ0) is 18.7. The lowest BCUT2D eigenvalue weighted by Crippen LogP contribution is -2.32. The van der Waals surface area contributed by atoms with Crippen molar-refractivity contribution in [2.45, 2.75) is 20.3 Å². The van der Waals surface area contributed by atoms with Gasteiger partial charge in [-0.25, -0.2) is 0 Å². The normalized spacial score (nSPS) is 28.1. The first kappa shape index (κ1) is 16.3. The maximum atomic E-state index is 12.9. The highest BCUT2D eigenvalue weighted by Gasteiger charge is 2.59. The number of hydrogen-bond acceptors (Lipinski definition) is 3. The third-order valence-corrected chi connectivity index (χ3v) is 6.28. The van der Waals surface area contributed by atoms with Crippen molar-refractivity contribution >= 4 is 17.5 Å². The fourth-order valence-electron chi connectivity index (χ4n) is 4.73. The van der Waals surface area contributed by atoms with E-state index in [-0.39, 0.29) is 35.5 Å². The molecule has 1 saturated heterocycles. The average molecular weight is 359 g/mol. The zero-order valence-corrected chi connectivity index (χ0v) is 15.4. The molecule has 3 aliphatic rings. The van der Waals surface area contributed by atoms with Gasteiger partial charge in [0, 0.05) is 0 Å². The smallest absolute Gasteiger partial charge is 0.238 e. The van der Waals surface area contributed by atoms with Gasteiger partial charge in [0.15, 0.2) is 0 Å². The Hall–Kier alpha value is -2.88. The standard InChI is InChI=1S/C23H21NO3/c1-13-3-8-19(11-14(13)2)27-18-9-6-17(7-10-18)24-22(25)20-15-4-5-16(12-15)21(20)23(24)26/h3-11,15-16,20-21H,12H2,1-2H3/t15-,16-,20+,21+/m1/s1. The third kappa shape index (κ3) is 2.43. The van der Waals surface area contributed by atoms with Crippen molar-refractivity contribution in [2.24, 2.45) is 23.7 Å². The predicted molar refractivity (Wildman–Crippen MR) is 103 cm³/mol. The van der Waals surface area contributed by atoms with E-state index in [4.69, 9.17) is 4.74 Å².